The topological polar surface area (TPSA) is 79.0 Å². The number of ether oxygens (including phenoxy) is 1. The molecule has 1 saturated heterocycles. The second-order valence-electron chi connectivity index (χ2n) is 10.7. The molecule has 5 rings (SSSR count). The number of nitrogens with zero attached hydrogens (tertiary/aromatic N) is 2. The standard InChI is InChI=1S/C30H32Cl3N3O4S/c1-41(38,39)36-20-30(23-7-3-5-9-28(23)36)12-14-35(15-13-30)29(37)27(19-40-18-22-6-2-4-8-24(22)31)34-17-21-10-11-25(32)26(33)16-21/h2-11,16,27,34H,12-15,17-20H2,1H3/t27-/m0/s1. The molecular weight excluding hydrogens is 605 g/mol. The Balaban J connectivity index is 1.28. The third kappa shape index (κ3) is 6.69. The van der Waals surface area contributed by atoms with Crippen LogP contribution in [0, 0.1) is 0 Å². The zero-order valence-corrected chi connectivity index (χ0v) is 25.7. The van der Waals surface area contributed by atoms with E-state index in [2.05, 4.69) is 5.32 Å². The predicted octanol–water partition coefficient (Wildman–Crippen LogP) is 5.66. The van der Waals surface area contributed by atoms with E-state index in [-0.39, 0.29) is 24.5 Å². The molecule has 1 amide bonds. The molecule has 0 unspecified atom stereocenters. The van der Waals surface area contributed by atoms with Crippen molar-refractivity contribution in [2.24, 2.45) is 0 Å². The van der Waals surface area contributed by atoms with Gasteiger partial charge in [-0.05, 0) is 53.8 Å². The minimum absolute atomic E-state index is 0.0645. The molecule has 0 aliphatic carbocycles. The summed E-state index contributed by atoms with van der Waals surface area (Å²) in [6.07, 6.45) is 2.58. The van der Waals surface area contributed by atoms with Crippen LogP contribution in [0.1, 0.15) is 29.5 Å². The zero-order valence-electron chi connectivity index (χ0n) is 22.7. The highest BCUT2D eigenvalue weighted by Gasteiger charge is 2.47. The second kappa shape index (κ2) is 12.5. The molecule has 3 aromatic carbocycles. The number of nitrogens with one attached hydrogen (secondary N) is 1. The van der Waals surface area contributed by atoms with Gasteiger partial charge in [-0.2, -0.15) is 0 Å². The number of hydrogen-bond donors (Lipinski definition) is 1. The molecule has 0 saturated carbocycles. The second-order valence-corrected chi connectivity index (χ2v) is 13.8. The molecule has 1 fully saturated rings. The minimum atomic E-state index is -3.41. The van der Waals surface area contributed by atoms with Gasteiger partial charge in [-0.1, -0.05) is 77.3 Å². The average Bonchev–Trinajstić information content (AvgIpc) is 3.28. The van der Waals surface area contributed by atoms with Gasteiger partial charge >= 0.3 is 0 Å². The molecular formula is C30H32Cl3N3O4S. The lowest BCUT2D eigenvalue weighted by Gasteiger charge is -2.41. The number of halogens is 3. The maximum absolute atomic E-state index is 13.8. The number of hydrogen-bond acceptors (Lipinski definition) is 5. The zero-order chi connectivity index (χ0) is 29.2. The Kier molecular flexibility index (Phi) is 9.19. The van der Waals surface area contributed by atoms with Crippen molar-refractivity contribution in [3.05, 3.63) is 98.5 Å². The molecule has 11 heteroatoms. The third-order valence-electron chi connectivity index (χ3n) is 7.96. The van der Waals surface area contributed by atoms with Gasteiger partial charge in [0.2, 0.25) is 15.9 Å². The minimum Gasteiger partial charge on any atom is -0.375 e. The first-order valence-electron chi connectivity index (χ1n) is 13.4. The van der Waals surface area contributed by atoms with E-state index in [0.717, 1.165) is 22.4 Å². The van der Waals surface area contributed by atoms with E-state index in [1.165, 1.54) is 10.6 Å². The van der Waals surface area contributed by atoms with Gasteiger partial charge in [-0.15, -0.1) is 0 Å². The van der Waals surface area contributed by atoms with Crippen molar-refractivity contribution < 1.29 is 17.9 Å². The summed E-state index contributed by atoms with van der Waals surface area (Å²) in [5.41, 5.74) is 3.20. The SMILES string of the molecule is CS(=O)(=O)N1CC2(CCN(C(=O)[C@H](COCc3ccccc3Cl)NCc3ccc(Cl)c(Cl)c3)CC2)c2ccccc21. The van der Waals surface area contributed by atoms with Crippen molar-refractivity contribution in [3.63, 3.8) is 0 Å². The number of rotatable bonds is 9. The summed E-state index contributed by atoms with van der Waals surface area (Å²) in [7, 11) is -3.41. The average molecular weight is 637 g/mol. The molecule has 7 nitrogen and oxygen atoms in total. The van der Waals surface area contributed by atoms with E-state index in [9.17, 15) is 13.2 Å². The first kappa shape index (κ1) is 30.1. The molecule has 0 aromatic heterocycles. The van der Waals surface area contributed by atoms with Gasteiger partial charge in [0.1, 0.15) is 6.04 Å². The Bertz CT molecular complexity index is 1530. The largest absolute Gasteiger partial charge is 0.375 e. The molecule has 0 radical (unpaired) electrons. The fraction of sp³-hybridized carbons (Fsp3) is 0.367. The number of fused-ring (bicyclic) bond motifs is 2. The number of likely N-dealkylation sites (tertiary alicyclic amines) is 1. The molecule has 218 valence electrons. The van der Waals surface area contributed by atoms with Gasteiger partial charge in [0, 0.05) is 36.6 Å². The Morgan fingerprint density at radius 2 is 1.68 bits per heavy atom. The molecule has 3 aromatic rings. The lowest BCUT2D eigenvalue weighted by molar-refractivity contribution is -0.136. The number of piperidine rings is 1. The van der Waals surface area contributed by atoms with Crippen LogP contribution in [0.5, 0.6) is 0 Å². The maximum atomic E-state index is 13.8. The van der Waals surface area contributed by atoms with Crippen LogP contribution in [0.25, 0.3) is 0 Å². The van der Waals surface area contributed by atoms with Crippen LogP contribution in [0.3, 0.4) is 0 Å². The van der Waals surface area contributed by atoms with E-state index >= 15 is 0 Å². The van der Waals surface area contributed by atoms with Gasteiger partial charge in [0.05, 0.1) is 35.2 Å². The maximum Gasteiger partial charge on any atom is 0.242 e. The lowest BCUT2D eigenvalue weighted by atomic mass is 9.74. The summed E-state index contributed by atoms with van der Waals surface area (Å²) >= 11 is 18.6. The lowest BCUT2D eigenvalue weighted by Crippen LogP contribution is -2.54. The highest BCUT2D eigenvalue weighted by Crippen LogP contribution is 2.47. The molecule has 2 aliphatic rings. The molecule has 1 spiro atoms. The van der Waals surface area contributed by atoms with E-state index in [1.807, 2.05) is 53.4 Å². The van der Waals surface area contributed by atoms with Crippen LogP contribution in [-0.2, 0) is 38.1 Å². The monoisotopic (exact) mass is 635 g/mol. The quantitative estimate of drug-likeness (QED) is 0.328. The van der Waals surface area contributed by atoms with E-state index in [4.69, 9.17) is 39.5 Å². The van der Waals surface area contributed by atoms with Crippen molar-refractivity contribution in [2.75, 3.05) is 36.8 Å². The normalized spacial score (nSPS) is 17.1. The van der Waals surface area contributed by atoms with Crippen molar-refractivity contribution in [1.29, 1.82) is 0 Å². The Morgan fingerprint density at radius 3 is 2.39 bits per heavy atom. The highest BCUT2D eigenvalue weighted by atomic mass is 35.5. The fourth-order valence-corrected chi connectivity index (χ4v) is 7.20. The van der Waals surface area contributed by atoms with Gasteiger partial charge in [0.15, 0.2) is 0 Å². The van der Waals surface area contributed by atoms with E-state index in [1.54, 1.807) is 18.2 Å². The molecule has 0 bridgehead atoms. The molecule has 2 aliphatic heterocycles. The van der Waals surface area contributed by atoms with E-state index in [0.29, 0.717) is 54.1 Å². The first-order valence-corrected chi connectivity index (χ1v) is 16.4. The first-order chi connectivity index (χ1) is 19.6. The molecule has 1 atom stereocenters. The van der Waals surface area contributed by atoms with Crippen molar-refractivity contribution in [2.45, 2.75) is 37.5 Å². The van der Waals surface area contributed by atoms with Crippen LogP contribution in [-0.4, -0.2) is 57.8 Å². The summed E-state index contributed by atoms with van der Waals surface area (Å²) in [4.78, 5) is 15.7. The fourth-order valence-electron chi connectivity index (χ4n) is 5.69. The molecule has 2 heterocycles. The van der Waals surface area contributed by atoms with Crippen molar-refractivity contribution in [3.8, 4) is 0 Å². The van der Waals surface area contributed by atoms with Gasteiger partial charge in [0.25, 0.3) is 0 Å². The van der Waals surface area contributed by atoms with Crippen LogP contribution in [0.15, 0.2) is 66.7 Å². The van der Waals surface area contributed by atoms with Gasteiger partial charge < -0.3 is 9.64 Å². The number of amides is 1. The summed E-state index contributed by atoms with van der Waals surface area (Å²) < 4.78 is 32.6. The van der Waals surface area contributed by atoms with Crippen LogP contribution >= 0.6 is 34.8 Å². The smallest absolute Gasteiger partial charge is 0.242 e. The predicted molar refractivity (Wildman–Crippen MR) is 164 cm³/mol. The van der Waals surface area contributed by atoms with Crippen molar-refractivity contribution >= 4 is 56.4 Å². The van der Waals surface area contributed by atoms with E-state index < -0.39 is 16.1 Å². The Hall–Kier alpha value is -2.33. The van der Waals surface area contributed by atoms with Crippen LogP contribution in [0.2, 0.25) is 15.1 Å². The number of para-hydroxylation sites is 1. The van der Waals surface area contributed by atoms with Crippen LogP contribution in [0.4, 0.5) is 5.69 Å². The van der Waals surface area contributed by atoms with Gasteiger partial charge in [-0.3, -0.25) is 14.4 Å². The Labute approximate surface area is 256 Å². The number of anilines is 1. The third-order valence-corrected chi connectivity index (χ3v) is 10.2. The van der Waals surface area contributed by atoms with Crippen LogP contribution < -0.4 is 9.62 Å². The summed E-state index contributed by atoms with van der Waals surface area (Å²) in [6, 6.07) is 19.9. The summed E-state index contributed by atoms with van der Waals surface area (Å²) in [5, 5.41) is 4.88. The van der Waals surface area contributed by atoms with Crippen molar-refractivity contribution in [1.82, 2.24) is 10.2 Å². The summed E-state index contributed by atoms with van der Waals surface area (Å²) in [5.74, 6) is -0.0645. The number of carbonyl (C=O) groups excluding carboxylic acids is 1. The molecule has 1 N–H and O–H groups in total. The molecule has 41 heavy (non-hydrogen) atoms. The number of carbonyl (C=O) groups is 1. The van der Waals surface area contributed by atoms with Gasteiger partial charge in [-0.25, -0.2) is 8.42 Å². The number of sulfonamides is 1. The highest BCUT2D eigenvalue weighted by molar-refractivity contribution is 7.92. The summed E-state index contributed by atoms with van der Waals surface area (Å²) in [6.45, 7) is 2.25. The number of benzene rings is 3. The Morgan fingerprint density at radius 1 is 0.976 bits per heavy atom.